The lowest BCUT2D eigenvalue weighted by Crippen LogP contribution is -2.44. The van der Waals surface area contributed by atoms with E-state index in [1.165, 1.54) is 12.8 Å². The van der Waals surface area contributed by atoms with Crippen LogP contribution in [0.4, 0.5) is 0 Å². The van der Waals surface area contributed by atoms with Crippen LogP contribution in [0, 0.1) is 17.8 Å². The van der Waals surface area contributed by atoms with Gasteiger partial charge < -0.3 is 15.5 Å². The maximum atomic E-state index is 12.5. The number of nitrogens with zero attached hydrogens (tertiary/aromatic N) is 1. The highest BCUT2D eigenvalue weighted by Crippen LogP contribution is 2.21. The van der Waals surface area contributed by atoms with Crippen LogP contribution in [0.15, 0.2) is 0 Å². The summed E-state index contributed by atoms with van der Waals surface area (Å²) in [6.45, 7) is 8.41. The van der Waals surface area contributed by atoms with Gasteiger partial charge in [0.2, 0.25) is 11.8 Å². The smallest absolute Gasteiger partial charge is 0.222 e. The predicted molar refractivity (Wildman–Crippen MR) is 92.0 cm³/mol. The number of hydrogen-bond donors (Lipinski definition) is 2. The standard InChI is InChI=1S/C18H33N3O2/c1-14(2)18(23)20-12-16-4-3-11-21(13-16)17(22)6-5-15-7-9-19-10-8-15/h14-16,19H,3-13H2,1-2H3,(H,20,23). The molecule has 0 aromatic heterocycles. The summed E-state index contributed by atoms with van der Waals surface area (Å²) >= 11 is 0. The third-order valence-electron chi connectivity index (χ3n) is 5.19. The fourth-order valence-electron chi connectivity index (χ4n) is 3.56. The molecule has 2 amide bonds. The van der Waals surface area contributed by atoms with Gasteiger partial charge >= 0.3 is 0 Å². The largest absolute Gasteiger partial charge is 0.356 e. The quantitative estimate of drug-likeness (QED) is 0.783. The molecule has 1 atom stereocenters. The fraction of sp³-hybridized carbons (Fsp3) is 0.889. The Hall–Kier alpha value is -1.10. The topological polar surface area (TPSA) is 61.4 Å². The van der Waals surface area contributed by atoms with Crippen LogP contribution in [0.2, 0.25) is 0 Å². The maximum Gasteiger partial charge on any atom is 0.222 e. The normalized spacial score (nSPS) is 23.1. The lowest BCUT2D eigenvalue weighted by atomic mass is 9.92. The number of rotatable bonds is 6. The number of likely N-dealkylation sites (tertiary alicyclic amines) is 1. The van der Waals surface area contributed by atoms with E-state index in [1.54, 1.807) is 0 Å². The lowest BCUT2D eigenvalue weighted by molar-refractivity contribution is -0.133. The van der Waals surface area contributed by atoms with Crippen molar-refractivity contribution in [3.05, 3.63) is 0 Å². The van der Waals surface area contributed by atoms with E-state index in [0.29, 0.717) is 30.7 Å². The Bertz CT molecular complexity index is 392. The summed E-state index contributed by atoms with van der Waals surface area (Å²) in [5.74, 6) is 1.57. The van der Waals surface area contributed by atoms with E-state index < -0.39 is 0 Å². The molecule has 0 spiro atoms. The average molecular weight is 323 g/mol. The zero-order chi connectivity index (χ0) is 16.7. The van der Waals surface area contributed by atoms with Crippen molar-refractivity contribution in [2.24, 2.45) is 17.8 Å². The van der Waals surface area contributed by atoms with Gasteiger partial charge in [-0.2, -0.15) is 0 Å². The molecule has 5 nitrogen and oxygen atoms in total. The summed E-state index contributed by atoms with van der Waals surface area (Å²) in [5, 5.41) is 6.38. The summed E-state index contributed by atoms with van der Waals surface area (Å²) < 4.78 is 0. The first kappa shape index (κ1) is 18.2. The van der Waals surface area contributed by atoms with Gasteiger partial charge in [-0.15, -0.1) is 0 Å². The highest BCUT2D eigenvalue weighted by Gasteiger charge is 2.25. The Kier molecular flexibility index (Phi) is 7.34. The SMILES string of the molecule is CC(C)C(=O)NCC1CCCN(C(=O)CCC2CCNCC2)C1. The molecular weight excluding hydrogens is 290 g/mol. The first-order valence-corrected chi connectivity index (χ1v) is 9.32. The number of nitrogens with one attached hydrogen (secondary N) is 2. The molecule has 0 aromatic carbocycles. The molecule has 0 saturated carbocycles. The van der Waals surface area contributed by atoms with Gasteiger partial charge in [0, 0.05) is 32.0 Å². The third-order valence-corrected chi connectivity index (χ3v) is 5.19. The van der Waals surface area contributed by atoms with Gasteiger partial charge in [0.15, 0.2) is 0 Å². The number of piperidine rings is 2. The molecule has 132 valence electrons. The van der Waals surface area contributed by atoms with Crippen molar-refractivity contribution in [3.63, 3.8) is 0 Å². The van der Waals surface area contributed by atoms with E-state index in [0.717, 1.165) is 45.4 Å². The Morgan fingerprint density at radius 2 is 1.91 bits per heavy atom. The summed E-state index contributed by atoms with van der Waals surface area (Å²) in [7, 11) is 0. The van der Waals surface area contributed by atoms with Crippen LogP contribution in [0.25, 0.3) is 0 Å². The molecule has 0 bridgehead atoms. The molecule has 2 fully saturated rings. The van der Waals surface area contributed by atoms with Crippen molar-refractivity contribution in [2.45, 2.75) is 52.4 Å². The second-order valence-corrected chi connectivity index (χ2v) is 7.48. The van der Waals surface area contributed by atoms with Gasteiger partial charge in [0.1, 0.15) is 0 Å². The summed E-state index contributed by atoms with van der Waals surface area (Å²) in [5.41, 5.74) is 0. The second kappa shape index (κ2) is 9.26. The Morgan fingerprint density at radius 1 is 1.17 bits per heavy atom. The molecule has 1 unspecified atom stereocenters. The monoisotopic (exact) mass is 323 g/mol. The highest BCUT2D eigenvalue weighted by atomic mass is 16.2. The fourth-order valence-corrected chi connectivity index (χ4v) is 3.56. The molecule has 5 heteroatoms. The molecule has 0 radical (unpaired) electrons. The summed E-state index contributed by atoms with van der Waals surface area (Å²) in [6.07, 6.45) is 6.30. The molecule has 2 heterocycles. The summed E-state index contributed by atoms with van der Waals surface area (Å²) in [6, 6.07) is 0. The van der Waals surface area contributed by atoms with Crippen molar-refractivity contribution in [1.82, 2.24) is 15.5 Å². The van der Waals surface area contributed by atoms with Crippen LogP contribution < -0.4 is 10.6 Å². The van der Waals surface area contributed by atoms with Gasteiger partial charge in [-0.25, -0.2) is 0 Å². The van der Waals surface area contributed by atoms with Crippen molar-refractivity contribution in [2.75, 3.05) is 32.7 Å². The summed E-state index contributed by atoms with van der Waals surface area (Å²) in [4.78, 5) is 26.2. The molecule has 0 aliphatic carbocycles. The van der Waals surface area contributed by atoms with Crippen molar-refractivity contribution in [3.8, 4) is 0 Å². The van der Waals surface area contributed by atoms with E-state index in [4.69, 9.17) is 0 Å². The van der Waals surface area contributed by atoms with Crippen LogP contribution >= 0.6 is 0 Å². The molecular formula is C18H33N3O2. The van der Waals surface area contributed by atoms with Gasteiger partial charge in [0.05, 0.1) is 0 Å². The van der Waals surface area contributed by atoms with Crippen LogP contribution in [-0.2, 0) is 9.59 Å². The molecule has 2 aliphatic heterocycles. The number of carbonyl (C=O) groups is 2. The van der Waals surface area contributed by atoms with Crippen LogP contribution in [0.5, 0.6) is 0 Å². The zero-order valence-electron chi connectivity index (χ0n) is 14.8. The van der Waals surface area contributed by atoms with E-state index in [-0.39, 0.29) is 11.8 Å². The number of carbonyl (C=O) groups excluding carboxylic acids is 2. The first-order valence-electron chi connectivity index (χ1n) is 9.32. The number of amides is 2. The van der Waals surface area contributed by atoms with Crippen LogP contribution in [-0.4, -0.2) is 49.4 Å². The molecule has 0 aromatic rings. The highest BCUT2D eigenvalue weighted by molar-refractivity contribution is 5.78. The minimum atomic E-state index is 0.0290. The third kappa shape index (κ3) is 6.13. The first-order chi connectivity index (χ1) is 11.1. The van der Waals surface area contributed by atoms with E-state index in [2.05, 4.69) is 10.6 Å². The predicted octanol–water partition coefficient (Wildman–Crippen LogP) is 1.78. The number of hydrogen-bond acceptors (Lipinski definition) is 3. The van der Waals surface area contributed by atoms with Gasteiger partial charge in [0.25, 0.3) is 0 Å². The average Bonchev–Trinajstić information content (AvgIpc) is 2.58. The van der Waals surface area contributed by atoms with Crippen LogP contribution in [0.3, 0.4) is 0 Å². The molecule has 2 N–H and O–H groups in total. The van der Waals surface area contributed by atoms with Gasteiger partial charge in [-0.3, -0.25) is 9.59 Å². The Labute approximate surface area is 140 Å². The molecule has 2 aliphatic rings. The minimum Gasteiger partial charge on any atom is -0.356 e. The molecule has 23 heavy (non-hydrogen) atoms. The maximum absolute atomic E-state index is 12.5. The van der Waals surface area contributed by atoms with Crippen molar-refractivity contribution >= 4 is 11.8 Å². The van der Waals surface area contributed by atoms with Gasteiger partial charge in [-0.05, 0) is 57.0 Å². The minimum absolute atomic E-state index is 0.0290. The zero-order valence-corrected chi connectivity index (χ0v) is 14.8. The Balaban J connectivity index is 1.69. The van der Waals surface area contributed by atoms with E-state index >= 15 is 0 Å². The van der Waals surface area contributed by atoms with Gasteiger partial charge in [-0.1, -0.05) is 13.8 Å². The Morgan fingerprint density at radius 3 is 2.61 bits per heavy atom. The molecule has 2 rings (SSSR count). The van der Waals surface area contributed by atoms with Crippen molar-refractivity contribution < 1.29 is 9.59 Å². The molecule has 2 saturated heterocycles. The van der Waals surface area contributed by atoms with E-state index in [1.807, 2.05) is 18.7 Å². The van der Waals surface area contributed by atoms with Crippen LogP contribution in [0.1, 0.15) is 52.4 Å². The van der Waals surface area contributed by atoms with Crippen molar-refractivity contribution in [1.29, 1.82) is 0 Å². The lowest BCUT2D eigenvalue weighted by Gasteiger charge is -2.33. The van der Waals surface area contributed by atoms with E-state index in [9.17, 15) is 9.59 Å². The second-order valence-electron chi connectivity index (χ2n) is 7.48.